The summed E-state index contributed by atoms with van der Waals surface area (Å²) in [7, 11) is 0. The predicted molar refractivity (Wildman–Crippen MR) is 81.3 cm³/mol. The number of hydrogen-bond donors (Lipinski definition) is 0. The zero-order valence-corrected chi connectivity index (χ0v) is 12.4. The lowest BCUT2D eigenvalue weighted by Crippen LogP contribution is -2.29. The SMILES string of the molecule is CC1=CC(c2ccccc2)=C(C)CC1(CCl)CCl. The fraction of sp³-hybridized carbons (Fsp3) is 0.375. The van der Waals surface area contributed by atoms with Gasteiger partial charge in [-0.05, 0) is 31.4 Å². The molecule has 18 heavy (non-hydrogen) atoms. The van der Waals surface area contributed by atoms with Gasteiger partial charge in [0.15, 0.2) is 0 Å². The maximum Gasteiger partial charge on any atom is 0.0331 e. The van der Waals surface area contributed by atoms with Gasteiger partial charge in [0.25, 0.3) is 0 Å². The van der Waals surface area contributed by atoms with Crippen LogP contribution in [0.4, 0.5) is 0 Å². The topological polar surface area (TPSA) is 0 Å². The molecule has 2 rings (SSSR count). The second-order valence-corrected chi connectivity index (χ2v) is 5.65. The second-order valence-electron chi connectivity index (χ2n) is 5.11. The lowest BCUT2D eigenvalue weighted by molar-refractivity contribution is 0.451. The van der Waals surface area contributed by atoms with Gasteiger partial charge in [0.1, 0.15) is 0 Å². The number of rotatable bonds is 3. The minimum atomic E-state index is -0.0640. The molecule has 0 amide bonds. The van der Waals surface area contributed by atoms with Crippen LogP contribution in [0.2, 0.25) is 0 Å². The largest absolute Gasteiger partial charge is 0.126 e. The number of benzene rings is 1. The molecule has 0 N–H and O–H groups in total. The van der Waals surface area contributed by atoms with Crippen LogP contribution >= 0.6 is 23.2 Å². The van der Waals surface area contributed by atoms with Crippen LogP contribution in [0.1, 0.15) is 25.8 Å². The van der Waals surface area contributed by atoms with E-state index in [4.69, 9.17) is 23.2 Å². The minimum absolute atomic E-state index is 0.0640. The third-order valence-corrected chi connectivity index (χ3v) is 4.88. The van der Waals surface area contributed by atoms with E-state index in [0.717, 1.165) is 6.42 Å². The van der Waals surface area contributed by atoms with Crippen molar-refractivity contribution >= 4 is 28.8 Å². The molecule has 0 aromatic heterocycles. The van der Waals surface area contributed by atoms with Gasteiger partial charge in [-0.25, -0.2) is 0 Å². The van der Waals surface area contributed by atoms with Crippen molar-refractivity contribution in [2.45, 2.75) is 20.3 Å². The van der Waals surface area contributed by atoms with Gasteiger partial charge in [-0.1, -0.05) is 47.6 Å². The maximum atomic E-state index is 6.14. The van der Waals surface area contributed by atoms with E-state index in [-0.39, 0.29) is 5.41 Å². The Morgan fingerprint density at radius 3 is 2.22 bits per heavy atom. The molecular formula is C16H18Cl2. The van der Waals surface area contributed by atoms with Crippen LogP contribution in [0.25, 0.3) is 5.57 Å². The van der Waals surface area contributed by atoms with Gasteiger partial charge in [-0.2, -0.15) is 0 Å². The van der Waals surface area contributed by atoms with Crippen molar-refractivity contribution in [1.82, 2.24) is 0 Å². The fourth-order valence-electron chi connectivity index (χ4n) is 2.52. The Hall–Kier alpha value is -0.720. The van der Waals surface area contributed by atoms with Crippen LogP contribution in [-0.4, -0.2) is 11.8 Å². The van der Waals surface area contributed by atoms with E-state index in [0.29, 0.717) is 11.8 Å². The average molecular weight is 281 g/mol. The zero-order valence-electron chi connectivity index (χ0n) is 10.8. The number of halogens is 2. The van der Waals surface area contributed by atoms with Crippen LogP contribution < -0.4 is 0 Å². The summed E-state index contributed by atoms with van der Waals surface area (Å²) in [5.74, 6) is 1.16. The first-order valence-electron chi connectivity index (χ1n) is 6.19. The smallest absolute Gasteiger partial charge is 0.0331 e. The molecule has 0 bridgehead atoms. The monoisotopic (exact) mass is 280 g/mol. The van der Waals surface area contributed by atoms with Gasteiger partial charge < -0.3 is 0 Å². The first-order chi connectivity index (χ1) is 8.63. The highest BCUT2D eigenvalue weighted by molar-refractivity contribution is 6.22. The quantitative estimate of drug-likeness (QED) is 0.662. The summed E-state index contributed by atoms with van der Waals surface area (Å²) < 4.78 is 0. The Morgan fingerprint density at radius 1 is 1.06 bits per heavy atom. The van der Waals surface area contributed by atoms with Gasteiger partial charge in [0.05, 0.1) is 0 Å². The van der Waals surface area contributed by atoms with Gasteiger partial charge >= 0.3 is 0 Å². The highest BCUT2D eigenvalue weighted by Crippen LogP contribution is 2.44. The molecule has 1 aliphatic rings. The van der Waals surface area contributed by atoms with Gasteiger partial charge in [-0.3, -0.25) is 0 Å². The van der Waals surface area contributed by atoms with E-state index in [1.54, 1.807) is 0 Å². The van der Waals surface area contributed by atoms with Crippen LogP contribution in [0, 0.1) is 5.41 Å². The summed E-state index contributed by atoms with van der Waals surface area (Å²) in [5.41, 5.74) is 5.18. The summed E-state index contributed by atoms with van der Waals surface area (Å²) in [5, 5.41) is 0. The number of allylic oxidation sites excluding steroid dienone is 4. The number of alkyl halides is 2. The first-order valence-corrected chi connectivity index (χ1v) is 7.26. The summed E-state index contributed by atoms with van der Waals surface area (Å²) in [4.78, 5) is 0. The van der Waals surface area contributed by atoms with Crippen molar-refractivity contribution in [3.8, 4) is 0 Å². The lowest BCUT2D eigenvalue weighted by Gasteiger charge is -2.35. The molecule has 1 aliphatic carbocycles. The van der Waals surface area contributed by atoms with E-state index >= 15 is 0 Å². The van der Waals surface area contributed by atoms with Crippen molar-refractivity contribution in [3.63, 3.8) is 0 Å². The number of hydrogen-bond acceptors (Lipinski definition) is 0. The molecule has 2 heteroatoms. The van der Waals surface area contributed by atoms with Crippen molar-refractivity contribution < 1.29 is 0 Å². The normalized spacial score (nSPS) is 18.8. The Labute approximate surface area is 119 Å². The van der Waals surface area contributed by atoms with Crippen molar-refractivity contribution in [2.24, 2.45) is 5.41 Å². The van der Waals surface area contributed by atoms with Crippen molar-refractivity contribution in [1.29, 1.82) is 0 Å². The molecule has 0 unspecified atom stereocenters. The van der Waals surface area contributed by atoms with Gasteiger partial charge in [0.2, 0.25) is 0 Å². The minimum Gasteiger partial charge on any atom is -0.126 e. The van der Waals surface area contributed by atoms with E-state index < -0.39 is 0 Å². The van der Waals surface area contributed by atoms with Crippen molar-refractivity contribution in [2.75, 3.05) is 11.8 Å². The van der Waals surface area contributed by atoms with Crippen LogP contribution in [-0.2, 0) is 0 Å². The average Bonchev–Trinajstić information content (AvgIpc) is 2.42. The third kappa shape index (κ3) is 2.37. The van der Waals surface area contributed by atoms with Crippen molar-refractivity contribution in [3.05, 3.63) is 53.1 Å². The molecule has 0 atom stereocenters. The summed E-state index contributed by atoms with van der Waals surface area (Å²) in [6, 6.07) is 10.5. The summed E-state index contributed by atoms with van der Waals surface area (Å²) >= 11 is 12.3. The first kappa shape index (κ1) is 13.7. The van der Waals surface area contributed by atoms with Gasteiger partial charge in [-0.15, -0.1) is 23.2 Å². The van der Waals surface area contributed by atoms with E-state index in [1.807, 2.05) is 6.07 Å². The molecule has 0 nitrogen and oxygen atoms in total. The summed E-state index contributed by atoms with van der Waals surface area (Å²) in [6.07, 6.45) is 3.20. The second kappa shape index (κ2) is 5.50. The van der Waals surface area contributed by atoms with Crippen LogP contribution in [0.3, 0.4) is 0 Å². The molecule has 0 aliphatic heterocycles. The Morgan fingerprint density at radius 2 is 1.67 bits per heavy atom. The molecule has 1 aromatic rings. The molecule has 0 fully saturated rings. The van der Waals surface area contributed by atoms with Gasteiger partial charge in [0, 0.05) is 17.2 Å². The van der Waals surface area contributed by atoms with E-state index in [9.17, 15) is 0 Å². The fourth-order valence-corrected chi connectivity index (χ4v) is 3.42. The highest BCUT2D eigenvalue weighted by Gasteiger charge is 2.34. The molecule has 1 aromatic carbocycles. The zero-order chi connectivity index (χ0) is 13.2. The summed E-state index contributed by atoms with van der Waals surface area (Å²) in [6.45, 7) is 4.32. The molecular weight excluding hydrogens is 263 g/mol. The Kier molecular flexibility index (Phi) is 4.19. The third-order valence-electron chi connectivity index (χ3n) is 3.86. The molecule has 0 heterocycles. The highest BCUT2D eigenvalue weighted by atomic mass is 35.5. The molecule has 96 valence electrons. The maximum absolute atomic E-state index is 6.14. The molecule has 0 radical (unpaired) electrons. The Balaban J connectivity index is 2.43. The molecule has 0 spiro atoms. The standard InChI is InChI=1S/C16H18Cl2/c1-12-9-16(10-17,11-18)13(2)8-15(12)14-6-4-3-5-7-14/h3-8H,9-11H2,1-2H3. The molecule has 0 saturated carbocycles. The van der Waals surface area contributed by atoms with Crippen LogP contribution in [0.5, 0.6) is 0 Å². The van der Waals surface area contributed by atoms with E-state index in [2.05, 4.69) is 44.2 Å². The van der Waals surface area contributed by atoms with E-state index in [1.165, 1.54) is 22.3 Å². The predicted octanol–water partition coefficient (Wildman–Crippen LogP) is 5.27. The Bertz CT molecular complexity index is 479. The van der Waals surface area contributed by atoms with Crippen LogP contribution in [0.15, 0.2) is 47.6 Å². The lowest BCUT2D eigenvalue weighted by atomic mass is 9.73. The molecule has 0 saturated heterocycles.